The van der Waals surface area contributed by atoms with Crippen LogP contribution in [0, 0.1) is 5.92 Å². The van der Waals surface area contributed by atoms with Crippen LogP contribution in [-0.2, 0) is 4.79 Å². The quantitative estimate of drug-likeness (QED) is 0.291. The number of carbonyl (C=O) groups is 1. The number of nitrogens with zero attached hydrogens (tertiary/aromatic N) is 2. The van der Waals surface area contributed by atoms with E-state index >= 15 is 0 Å². The van der Waals surface area contributed by atoms with Crippen LogP contribution in [0.4, 0.5) is 0 Å². The third kappa shape index (κ3) is 4.79. The Hall–Kier alpha value is -4.30. The Balaban J connectivity index is 1.72. The summed E-state index contributed by atoms with van der Waals surface area (Å²) in [5.41, 5.74) is 3.63. The molecule has 40 heavy (non-hydrogen) atoms. The Morgan fingerprint density at radius 2 is 1.62 bits per heavy atom. The van der Waals surface area contributed by atoms with Gasteiger partial charge in [-0.25, -0.2) is 5.01 Å². The van der Waals surface area contributed by atoms with Crippen molar-refractivity contribution < 1.29 is 19.0 Å². The van der Waals surface area contributed by atoms with Gasteiger partial charge in [0.1, 0.15) is 0 Å². The molecule has 0 saturated carbocycles. The van der Waals surface area contributed by atoms with E-state index in [1.54, 1.807) is 26.4 Å². The van der Waals surface area contributed by atoms with Crippen LogP contribution in [0.25, 0.3) is 22.0 Å². The van der Waals surface area contributed by atoms with Gasteiger partial charge < -0.3 is 19.2 Å². The lowest BCUT2D eigenvalue weighted by atomic mass is 9.91. The highest BCUT2D eigenvalue weighted by molar-refractivity contribution is 6.30. The second-order valence-corrected chi connectivity index (χ2v) is 10.3. The summed E-state index contributed by atoms with van der Waals surface area (Å²) >= 11 is 6.19. The zero-order valence-electron chi connectivity index (χ0n) is 22.9. The molecule has 1 aliphatic heterocycles. The molecule has 9 heteroatoms. The number of benzene rings is 3. The highest BCUT2D eigenvalue weighted by atomic mass is 35.5. The van der Waals surface area contributed by atoms with E-state index in [1.165, 1.54) is 12.1 Å². The molecule has 2 heterocycles. The van der Waals surface area contributed by atoms with Crippen molar-refractivity contribution in [3.63, 3.8) is 0 Å². The number of halogens is 1. The lowest BCUT2D eigenvalue weighted by molar-refractivity contribution is -0.136. The number of hydrazone groups is 1. The third-order valence-electron chi connectivity index (χ3n) is 7.05. The first-order valence-corrected chi connectivity index (χ1v) is 13.3. The van der Waals surface area contributed by atoms with Crippen LogP contribution in [-0.4, -0.2) is 42.9 Å². The number of rotatable bonds is 7. The SMILES string of the molecule is COc1cc(C2CC(c3c(-c4ccc(Cl)cc4)c4ccccc4[nH]c3=O)=NN2C(=O)C(C)C)cc(OC)c1OC. The Morgan fingerprint density at radius 1 is 0.975 bits per heavy atom. The van der Waals surface area contributed by atoms with Crippen LogP contribution in [0.3, 0.4) is 0 Å². The number of hydrogen-bond acceptors (Lipinski definition) is 6. The number of nitrogens with one attached hydrogen (secondary N) is 1. The average molecular weight is 560 g/mol. The lowest BCUT2D eigenvalue weighted by Crippen LogP contribution is -2.30. The minimum Gasteiger partial charge on any atom is -0.493 e. The molecular weight excluding hydrogens is 530 g/mol. The van der Waals surface area contributed by atoms with Gasteiger partial charge in [-0.3, -0.25) is 9.59 Å². The molecule has 4 aromatic rings. The van der Waals surface area contributed by atoms with Gasteiger partial charge in [0.2, 0.25) is 11.7 Å². The number of amides is 1. The second-order valence-electron chi connectivity index (χ2n) is 9.82. The number of hydrogen-bond donors (Lipinski definition) is 1. The molecular formula is C31H30ClN3O5. The van der Waals surface area contributed by atoms with Gasteiger partial charge in [0.15, 0.2) is 11.5 Å². The molecule has 0 fully saturated rings. The zero-order chi connectivity index (χ0) is 28.6. The third-order valence-corrected chi connectivity index (χ3v) is 7.30. The molecule has 0 saturated heterocycles. The predicted octanol–water partition coefficient (Wildman–Crippen LogP) is 6.21. The van der Waals surface area contributed by atoms with Gasteiger partial charge in [0.05, 0.1) is 38.6 Å². The first-order chi connectivity index (χ1) is 19.3. The van der Waals surface area contributed by atoms with Crippen molar-refractivity contribution in [1.29, 1.82) is 0 Å². The summed E-state index contributed by atoms with van der Waals surface area (Å²) in [5.74, 6) is 0.892. The molecule has 5 rings (SSSR count). The number of pyridine rings is 1. The number of methoxy groups -OCH3 is 3. The molecule has 1 N–H and O–H groups in total. The maximum Gasteiger partial charge on any atom is 0.258 e. The van der Waals surface area contributed by atoms with Gasteiger partial charge in [-0.05, 0) is 41.5 Å². The van der Waals surface area contributed by atoms with Gasteiger partial charge in [0.25, 0.3) is 5.56 Å². The van der Waals surface area contributed by atoms with Crippen LogP contribution in [0.1, 0.15) is 37.4 Å². The van der Waals surface area contributed by atoms with Crippen LogP contribution >= 0.6 is 11.6 Å². The van der Waals surface area contributed by atoms with Crippen LogP contribution in [0.2, 0.25) is 5.02 Å². The summed E-state index contributed by atoms with van der Waals surface area (Å²) in [7, 11) is 4.62. The molecule has 0 bridgehead atoms. The maximum atomic E-state index is 13.7. The standard InChI is InChI=1S/C31H30ClN3O5/c1-17(2)31(37)35-24(19-14-25(38-3)29(40-5)26(15-19)39-4)16-23(34-35)28-27(18-10-12-20(32)13-11-18)21-8-6-7-9-22(21)33-30(28)36/h6-15,17,24H,16H2,1-5H3,(H,33,36). The van der Waals surface area contributed by atoms with Crippen molar-refractivity contribution >= 4 is 34.1 Å². The number of carbonyl (C=O) groups excluding carboxylic acids is 1. The molecule has 1 aromatic heterocycles. The average Bonchev–Trinajstić information content (AvgIpc) is 3.40. The van der Waals surface area contributed by atoms with Crippen molar-refractivity contribution in [2.24, 2.45) is 11.0 Å². The molecule has 1 aliphatic rings. The lowest BCUT2D eigenvalue weighted by Gasteiger charge is -2.25. The number of ether oxygens (including phenoxy) is 3. The van der Waals surface area contributed by atoms with Gasteiger partial charge in [-0.2, -0.15) is 5.10 Å². The highest BCUT2D eigenvalue weighted by Gasteiger charge is 2.37. The van der Waals surface area contributed by atoms with Gasteiger partial charge >= 0.3 is 0 Å². The summed E-state index contributed by atoms with van der Waals surface area (Å²) < 4.78 is 16.6. The van der Waals surface area contributed by atoms with E-state index in [2.05, 4.69) is 4.98 Å². The normalized spacial score (nSPS) is 14.9. The topological polar surface area (TPSA) is 93.2 Å². The summed E-state index contributed by atoms with van der Waals surface area (Å²) in [6.07, 6.45) is 0.305. The molecule has 0 spiro atoms. The number of fused-ring (bicyclic) bond motifs is 1. The first-order valence-electron chi connectivity index (χ1n) is 12.9. The Kier molecular flexibility index (Phi) is 7.54. The van der Waals surface area contributed by atoms with Crippen LogP contribution in [0.15, 0.2) is 70.6 Å². The van der Waals surface area contributed by atoms with Crippen molar-refractivity contribution in [1.82, 2.24) is 9.99 Å². The molecule has 1 atom stereocenters. The Labute approximate surface area is 237 Å². The van der Waals surface area contributed by atoms with Gasteiger partial charge in [0, 0.05) is 33.8 Å². The van der Waals surface area contributed by atoms with Gasteiger partial charge in [-0.1, -0.05) is 55.8 Å². The Morgan fingerprint density at radius 3 is 2.23 bits per heavy atom. The smallest absolute Gasteiger partial charge is 0.258 e. The fourth-order valence-electron chi connectivity index (χ4n) is 5.12. The first kappa shape index (κ1) is 27.3. The monoisotopic (exact) mass is 559 g/mol. The fourth-order valence-corrected chi connectivity index (χ4v) is 5.24. The van der Waals surface area contributed by atoms with E-state index in [-0.39, 0.29) is 17.4 Å². The zero-order valence-corrected chi connectivity index (χ0v) is 23.7. The molecule has 1 unspecified atom stereocenters. The predicted molar refractivity (Wildman–Crippen MR) is 157 cm³/mol. The summed E-state index contributed by atoms with van der Waals surface area (Å²) in [4.78, 5) is 30.2. The molecule has 0 aliphatic carbocycles. The van der Waals surface area contributed by atoms with E-state index in [4.69, 9.17) is 30.9 Å². The van der Waals surface area contributed by atoms with Crippen molar-refractivity contribution in [3.05, 3.63) is 87.2 Å². The van der Waals surface area contributed by atoms with Crippen molar-refractivity contribution in [2.75, 3.05) is 21.3 Å². The molecule has 1 amide bonds. The highest BCUT2D eigenvalue weighted by Crippen LogP contribution is 2.44. The molecule has 8 nitrogen and oxygen atoms in total. The van der Waals surface area contributed by atoms with Crippen molar-refractivity contribution in [3.8, 4) is 28.4 Å². The van der Waals surface area contributed by atoms with Crippen LogP contribution < -0.4 is 19.8 Å². The van der Waals surface area contributed by atoms with Crippen molar-refractivity contribution in [2.45, 2.75) is 26.3 Å². The minimum absolute atomic E-state index is 0.168. The summed E-state index contributed by atoms with van der Waals surface area (Å²) in [5, 5.41) is 7.73. The van der Waals surface area contributed by atoms with E-state index in [0.29, 0.717) is 45.5 Å². The second kappa shape index (κ2) is 11.1. The van der Waals surface area contributed by atoms with E-state index in [1.807, 2.05) is 62.4 Å². The van der Waals surface area contributed by atoms with E-state index in [0.717, 1.165) is 22.1 Å². The molecule has 3 aromatic carbocycles. The number of H-pyrrole nitrogens is 1. The molecule has 0 radical (unpaired) electrons. The largest absolute Gasteiger partial charge is 0.493 e. The van der Waals surface area contributed by atoms with Crippen LogP contribution in [0.5, 0.6) is 17.2 Å². The number of para-hydroxylation sites is 1. The van der Waals surface area contributed by atoms with E-state index < -0.39 is 6.04 Å². The fraction of sp³-hybridized carbons (Fsp3) is 0.258. The number of aromatic amines is 1. The minimum atomic E-state index is -0.498. The summed E-state index contributed by atoms with van der Waals surface area (Å²) in [6, 6.07) is 18.1. The Bertz CT molecular complexity index is 1650. The summed E-state index contributed by atoms with van der Waals surface area (Å²) in [6.45, 7) is 3.65. The van der Waals surface area contributed by atoms with E-state index in [9.17, 15) is 9.59 Å². The van der Waals surface area contributed by atoms with Gasteiger partial charge in [-0.15, -0.1) is 0 Å². The maximum absolute atomic E-state index is 13.7. The number of aromatic nitrogens is 1. The molecule has 206 valence electrons.